The van der Waals surface area contributed by atoms with Gasteiger partial charge in [0.15, 0.2) is 0 Å². The molecule has 0 saturated carbocycles. The molecular formula is C11H11N3O2S. The monoisotopic (exact) mass is 249 g/mol. The van der Waals surface area contributed by atoms with Crippen molar-refractivity contribution in [3.05, 3.63) is 50.7 Å². The van der Waals surface area contributed by atoms with Crippen LogP contribution in [0, 0.1) is 10.1 Å². The summed E-state index contributed by atoms with van der Waals surface area (Å²) in [5, 5.41) is 15.7. The van der Waals surface area contributed by atoms with Crippen molar-refractivity contribution in [3.63, 3.8) is 0 Å². The van der Waals surface area contributed by atoms with Gasteiger partial charge in [-0.25, -0.2) is 0 Å². The minimum atomic E-state index is -0.459. The Balaban J connectivity index is 2.09. The molecule has 1 aromatic heterocycles. The topological polar surface area (TPSA) is 81.2 Å². The van der Waals surface area contributed by atoms with E-state index >= 15 is 0 Å². The Hall–Kier alpha value is -2.08. The molecule has 0 saturated heterocycles. The molecule has 0 fully saturated rings. The number of rotatable bonds is 4. The summed E-state index contributed by atoms with van der Waals surface area (Å²) in [6.45, 7) is 0.666. The molecular weight excluding hydrogens is 238 g/mol. The standard InChI is InChI=1S/C11H11N3O2S/c12-10-6-8(14(15)16)3-4-11(10)13-7-9-2-1-5-17-9/h1-6,13H,7,12H2. The van der Waals surface area contributed by atoms with Gasteiger partial charge in [-0.3, -0.25) is 10.1 Å². The first-order valence-corrected chi connectivity index (χ1v) is 5.85. The number of thiophene rings is 1. The largest absolute Gasteiger partial charge is 0.397 e. The van der Waals surface area contributed by atoms with Gasteiger partial charge in [-0.2, -0.15) is 0 Å². The fraction of sp³-hybridized carbons (Fsp3) is 0.0909. The van der Waals surface area contributed by atoms with Crippen LogP contribution in [0.2, 0.25) is 0 Å². The summed E-state index contributed by atoms with van der Waals surface area (Å²) in [4.78, 5) is 11.3. The van der Waals surface area contributed by atoms with Crippen LogP contribution >= 0.6 is 11.3 Å². The van der Waals surface area contributed by atoms with E-state index in [0.717, 1.165) is 0 Å². The van der Waals surface area contributed by atoms with Crippen molar-refractivity contribution in [1.29, 1.82) is 0 Å². The van der Waals surface area contributed by atoms with E-state index in [2.05, 4.69) is 5.32 Å². The summed E-state index contributed by atoms with van der Waals surface area (Å²) in [7, 11) is 0. The van der Waals surface area contributed by atoms with Crippen molar-refractivity contribution in [2.45, 2.75) is 6.54 Å². The fourth-order valence-corrected chi connectivity index (χ4v) is 2.06. The molecule has 88 valence electrons. The van der Waals surface area contributed by atoms with E-state index in [1.807, 2.05) is 17.5 Å². The zero-order valence-electron chi connectivity index (χ0n) is 8.92. The Morgan fingerprint density at radius 1 is 1.41 bits per heavy atom. The highest BCUT2D eigenvalue weighted by Crippen LogP contribution is 2.24. The molecule has 2 rings (SSSR count). The number of nitro benzene ring substituents is 1. The van der Waals surface area contributed by atoms with Gasteiger partial charge in [0.05, 0.1) is 16.3 Å². The number of hydrogen-bond donors (Lipinski definition) is 2. The SMILES string of the molecule is Nc1cc([N+](=O)[O-])ccc1NCc1cccs1. The predicted octanol–water partition coefficient (Wildman–Crippen LogP) is 2.85. The highest BCUT2D eigenvalue weighted by molar-refractivity contribution is 7.09. The predicted molar refractivity (Wildman–Crippen MR) is 69.2 cm³/mol. The lowest BCUT2D eigenvalue weighted by Gasteiger charge is -2.07. The second-order valence-electron chi connectivity index (χ2n) is 3.46. The lowest BCUT2D eigenvalue weighted by Crippen LogP contribution is -2.01. The molecule has 0 atom stereocenters. The van der Waals surface area contributed by atoms with Crippen LogP contribution in [0.5, 0.6) is 0 Å². The molecule has 0 aliphatic carbocycles. The molecule has 0 amide bonds. The lowest BCUT2D eigenvalue weighted by atomic mass is 10.2. The van der Waals surface area contributed by atoms with E-state index in [0.29, 0.717) is 17.9 Å². The van der Waals surface area contributed by atoms with Crippen molar-refractivity contribution >= 4 is 28.4 Å². The molecule has 0 spiro atoms. The Morgan fingerprint density at radius 2 is 2.24 bits per heavy atom. The van der Waals surface area contributed by atoms with Crippen molar-refractivity contribution in [1.82, 2.24) is 0 Å². The zero-order valence-corrected chi connectivity index (χ0v) is 9.74. The van der Waals surface area contributed by atoms with E-state index in [1.54, 1.807) is 17.4 Å². The number of nitrogen functional groups attached to an aromatic ring is 1. The number of nitrogens with two attached hydrogens (primary N) is 1. The summed E-state index contributed by atoms with van der Waals surface area (Å²) >= 11 is 1.64. The summed E-state index contributed by atoms with van der Waals surface area (Å²) in [5.74, 6) is 0. The van der Waals surface area contributed by atoms with Gasteiger partial charge in [0.25, 0.3) is 5.69 Å². The van der Waals surface area contributed by atoms with Crippen molar-refractivity contribution in [2.24, 2.45) is 0 Å². The van der Waals surface area contributed by atoms with E-state index in [1.165, 1.54) is 17.0 Å². The number of non-ortho nitro benzene ring substituents is 1. The smallest absolute Gasteiger partial charge is 0.271 e. The third-order valence-electron chi connectivity index (χ3n) is 2.28. The zero-order chi connectivity index (χ0) is 12.3. The minimum absolute atomic E-state index is 0.00386. The molecule has 0 radical (unpaired) electrons. The first kappa shape index (κ1) is 11.4. The maximum Gasteiger partial charge on any atom is 0.271 e. The number of anilines is 2. The van der Waals surface area contributed by atoms with Crippen LogP contribution in [0.15, 0.2) is 35.7 Å². The molecule has 5 nitrogen and oxygen atoms in total. The highest BCUT2D eigenvalue weighted by Gasteiger charge is 2.08. The maximum absolute atomic E-state index is 10.5. The number of nitrogens with zero attached hydrogens (tertiary/aromatic N) is 1. The molecule has 0 unspecified atom stereocenters. The normalized spacial score (nSPS) is 10.1. The third-order valence-corrected chi connectivity index (χ3v) is 3.16. The van der Waals surface area contributed by atoms with Gasteiger partial charge < -0.3 is 11.1 Å². The van der Waals surface area contributed by atoms with Crippen LogP contribution in [-0.2, 0) is 6.54 Å². The van der Waals surface area contributed by atoms with Crippen LogP contribution in [0.1, 0.15) is 4.88 Å². The first-order chi connectivity index (χ1) is 8.16. The van der Waals surface area contributed by atoms with Crippen molar-refractivity contribution in [2.75, 3.05) is 11.1 Å². The van der Waals surface area contributed by atoms with Gasteiger partial charge in [0.1, 0.15) is 0 Å². The lowest BCUT2D eigenvalue weighted by molar-refractivity contribution is -0.384. The average molecular weight is 249 g/mol. The number of benzene rings is 1. The minimum Gasteiger partial charge on any atom is -0.397 e. The third kappa shape index (κ3) is 2.73. The molecule has 0 aliphatic heterocycles. The molecule has 6 heteroatoms. The second kappa shape index (κ2) is 4.84. The van der Waals surface area contributed by atoms with Crippen molar-refractivity contribution in [3.8, 4) is 0 Å². The molecule has 2 aromatic rings. The summed E-state index contributed by atoms with van der Waals surface area (Å²) in [5.41, 5.74) is 6.84. The maximum atomic E-state index is 10.5. The van der Waals surface area contributed by atoms with Crippen LogP contribution in [0.3, 0.4) is 0 Å². The Morgan fingerprint density at radius 3 is 2.82 bits per heavy atom. The fourth-order valence-electron chi connectivity index (χ4n) is 1.42. The average Bonchev–Trinajstić information content (AvgIpc) is 2.80. The van der Waals surface area contributed by atoms with Crippen LogP contribution < -0.4 is 11.1 Å². The molecule has 1 heterocycles. The van der Waals surface area contributed by atoms with Crippen LogP contribution in [0.4, 0.5) is 17.1 Å². The number of nitro groups is 1. The number of hydrogen-bond acceptors (Lipinski definition) is 5. The summed E-state index contributed by atoms with van der Waals surface area (Å²) in [6.07, 6.45) is 0. The van der Waals surface area contributed by atoms with Crippen molar-refractivity contribution < 1.29 is 4.92 Å². The molecule has 1 aromatic carbocycles. The highest BCUT2D eigenvalue weighted by atomic mass is 32.1. The molecule has 3 N–H and O–H groups in total. The molecule has 0 bridgehead atoms. The Bertz CT molecular complexity index is 526. The summed E-state index contributed by atoms with van der Waals surface area (Å²) < 4.78 is 0. The van der Waals surface area contributed by atoms with E-state index in [-0.39, 0.29) is 5.69 Å². The second-order valence-corrected chi connectivity index (χ2v) is 4.49. The van der Waals surface area contributed by atoms with Gasteiger partial charge >= 0.3 is 0 Å². The van der Waals surface area contributed by atoms with Gasteiger partial charge in [0, 0.05) is 23.6 Å². The van der Waals surface area contributed by atoms with Crippen LogP contribution in [0.25, 0.3) is 0 Å². The summed E-state index contributed by atoms with van der Waals surface area (Å²) in [6, 6.07) is 8.41. The van der Waals surface area contributed by atoms with Gasteiger partial charge in [-0.15, -0.1) is 11.3 Å². The van der Waals surface area contributed by atoms with Gasteiger partial charge in [-0.05, 0) is 17.5 Å². The number of nitrogens with one attached hydrogen (secondary N) is 1. The first-order valence-electron chi connectivity index (χ1n) is 4.97. The van der Waals surface area contributed by atoms with Gasteiger partial charge in [0.2, 0.25) is 0 Å². The quantitative estimate of drug-likeness (QED) is 0.496. The van der Waals surface area contributed by atoms with Gasteiger partial charge in [-0.1, -0.05) is 6.07 Å². The molecule has 17 heavy (non-hydrogen) atoms. The van der Waals surface area contributed by atoms with Crippen LogP contribution in [-0.4, -0.2) is 4.92 Å². The Labute approximate surface area is 102 Å². The molecule has 0 aliphatic rings. The van der Waals surface area contributed by atoms with E-state index < -0.39 is 4.92 Å². The Kier molecular flexibility index (Phi) is 3.24. The van der Waals surface area contributed by atoms with E-state index in [9.17, 15) is 10.1 Å². The van der Waals surface area contributed by atoms with E-state index in [4.69, 9.17) is 5.73 Å².